The topological polar surface area (TPSA) is 89.4 Å². The predicted molar refractivity (Wildman–Crippen MR) is 128 cm³/mol. The van der Waals surface area contributed by atoms with Crippen molar-refractivity contribution in [3.8, 4) is 0 Å². The summed E-state index contributed by atoms with van der Waals surface area (Å²) in [6, 6.07) is 12.5. The maximum Gasteiger partial charge on any atom is 0.247 e. The number of amides is 2. The minimum absolute atomic E-state index is 0.0377. The molecule has 5 rings (SSSR count). The van der Waals surface area contributed by atoms with Crippen LogP contribution in [-0.4, -0.2) is 57.0 Å². The van der Waals surface area contributed by atoms with E-state index in [1.807, 2.05) is 24.3 Å². The minimum atomic E-state index is -1.11. The Morgan fingerprint density at radius 2 is 1.86 bits per heavy atom. The van der Waals surface area contributed by atoms with Crippen molar-refractivity contribution in [3.63, 3.8) is 0 Å². The zero-order valence-electron chi connectivity index (χ0n) is 19.6. The first-order valence-corrected chi connectivity index (χ1v) is 12.3. The van der Waals surface area contributed by atoms with Crippen LogP contribution < -0.4 is 5.32 Å². The highest BCUT2D eigenvalue weighted by Crippen LogP contribution is 2.28. The average molecular weight is 480 g/mol. The first kappa shape index (κ1) is 23.4. The van der Waals surface area contributed by atoms with Crippen LogP contribution in [0.3, 0.4) is 0 Å². The number of aromatic nitrogens is 3. The molecule has 1 saturated carbocycles. The van der Waals surface area contributed by atoms with Crippen molar-refractivity contribution < 1.29 is 18.7 Å². The van der Waals surface area contributed by atoms with Crippen LogP contribution in [-0.2, 0) is 20.9 Å². The molecule has 2 amide bonds. The number of nitrogens with zero attached hydrogens (tertiary/aromatic N) is 4. The first-order chi connectivity index (χ1) is 17.1. The third-order valence-corrected chi connectivity index (χ3v) is 6.91. The van der Waals surface area contributed by atoms with E-state index in [1.54, 1.807) is 18.2 Å². The van der Waals surface area contributed by atoms with Crippen molar-refractivity contribution in [2.75, 3.05) is 13.2 Å². The summed E-state index contributed by atoms with van der Waals surface area (Å²) in [6.45, 7) is 0.691. The fraction of sp³-hybridized carbons (Fsp3) is 0.462. The summed E-state index contributed by atoms with van der Waals surface area (Å²) in [5.74, 6) is -1.22. The monoisotopic (exact) mass is 479 g/mol. The number of carbonyl (C=O) groups excluding carboxylic acids is 2. The highest BCUT2D eigenvalue weighted by Gasteiger charge is 2.37. The third-order valence-electron chi connectivity index (χ3n) is 6.91. The maximum absolute atomic E-state index is 15.1. The highest BCUT2D eigenvalue weighted by atomic mass is 19.1. The smallest absolute Gasteiger partial charge is 0.247 e. The molecular formula is C26H30FN5O3. The number of nitrogens with one attached hydrogen (secondary N) is 1. The van der Waals surface area contributed by atoms with Crippen molar-refractivity contribution in [3.05, 3.63) is 59.9 Å². The Balaban J connectivity index is 1.49. The second kappa shape index (κ2) is 10.5. The second-order valence-electron chi connectivity index (χ2n) is 9.33. The Kier molecular flexibility index (Phi) is 7.03. The van der Waals surface area contributed by atoms with Crippen LogP contribution in [0.25, 0.3) is 11.0 Å². The van der Waals surface area contributed by atoms with E-state index in [9.17, 15) is 9.59 Å². The fourth-order valence-electron chi connectivity index (χ4n) is 5.11. The van der Waals surface area contributed by atoms with Crippen LogP contribution in [0.4, 0.5) is 4.39 Å². The lowest BCUT2D eigenvalue weighted by Gasteiger charge is -2.34. The number of carbonyl (C=O) groups is 2. The molecule has 2 heterocycles. The van der Waals surface area contributed by atoms with Gasteiger partial charge in [-0.2, -0.15) is 0 Å². The summed E-state index contributed by atoms with van der Waals surface area (Å²) in [6.07, 6.45) is 5.34. The van der Waals surface area contributed by atoms with Gasteiger partial charge in [0.2, 0.25) is 11.8 Å². The van der Waals surface area contributed by atoms with Gasteiger partial charge in [-0.3, -0.25) is 9.59 Å². The number of benzene rings is 2. The number of fused-ring (bicyclic) bond motifs is 1. The van der Waals surface area contributed by atoms with E-state index in [4.69, 9.17) is 4.74 Å². The molecule has 2 aromatic carbocycles. The average Bonchev–Trinajstić information content (AvgIpc) is 3.63. The van der Waals surface area contributed by atoms with Crippen LogP contribution in [0, 0.1) is 5.82 Å². The molecule has 8 nitrogen and oxygen atoms in total. The maximum atomic E-state index is 15.1. The van der Waals surface area contributed by atoms with E-state index >= 15 is 4.39 Å². The molecule has 35 heavy (non-hydrogen) atoms. The molecule has 1 saturated heterocycles. The lowest BCUT2D eigenvalue weighted by molar-refractivity contribution is -0.143. The number of hydrogen-bond acceptors (Lipinski definition) is 5. The van der Waals surface area contributed by atoms with E-state index < -0.39 is 11.9 Å². The zero-order valence-corrected chi connectivity index (χ0v) is 19.6. The lowest BCUT2D eigenvalue weighted by Crippen LogP contribution is -2.49. The number of rotatable bonds is 8. The summed E-state index contributed by atoms with van der Waals surface area (Å²) < 4.78 is 22.4. The van der Waals surface area contributed by atoms with Gasteiger partial charge in [-0.1, -0.05) is 48.4 Å². The second-order valence-corrected chi connectivity index (χ2v) is 9.33. The number of para-hydroxylation sites is 1. The summed E-state index contributed by atoms with van der Waals surface area (Å²) in [5, 5.41) is 11.4. The van der Waals surface area contributed by atoms with Crippen molar-refractivity contribution in [1.82, 2.24) is 25.2 Å². The van der Waals surface area contributed by atoms with E-state index in [0.717, 1.165) is 44.0 Å². The lowest BCUT2D eigenvalue weighted by atomic mass is 10.0. The Bertz CT molecular complexity index is 1190. The van der Waals surface area contributed by atoms with Gasteiger partial charge < -0.3 is 15.0 Å². The summed E-state index contributed by atoms with van der Waals surface area (Å²) in [5.41, 5.74) is 1.57. The Morgan fingerprint density at radius 1 is 1.09 bits per heavy atom. The van der Waals surface area contributed by atoms with Crippen molar-refractivity contribution >= 4 is 22.8 Å². The van der Waals surface area contributed by atoms with Gasteiger partial charge in [-0.25, -0.2) is 9.07 Å². The van der Waals surface area contributed by atoms with Gasteiger partial charge in [0.1, 0.15) is 23.9 Å². The normalized spacial score (nSPS) is 19.2. The summed E-state index contributed by atoms with van der Waals surface area (Å²) in [4.78, 5) is 28.9. The van der Waals surface area contributed by atoms with E-state index in [2.05, 4.69) is 15.6 Å². The van der Waals surface area contributed by atoms with Crippen molar-refractivity contribution in [2.45, 2.75) is 63.3 Å². The molecule has 0 spiro atoms. The van der Waals surface area contributed by atoms with Gasteiger partial charge in [-0.05, 0) is 43.9 Å². The zero-order chi connectivity index (χ0) is 24.2. The third kappa shape index (κ3) is 5.19. The molecule has 2 atom stereocenters. The SMILES string of the molecule is O=C(NC1CCCC1)[C@@H](c1ccccc1F)N(C[C@@H]1CCCO1)C(=O)Cn1nnc2ccccc21. The Labute approximate surface area is 203 Å². The highest BCUT2D eigenvalue weighted by molar-refractivity contribution is 5.89. The van der Waals surface area contributed by atoms with Crippen molar-refractivity contribution in [2.24, 2.45) is 0 Å². The van der Waals surface area contributed by atoms with Gasteiger partial charge in [0, 0.05) is 24.8 Å². The molecule has 1 aliphatic heterocycles. The molecule has 3 aromatic rings. The van der Waals surface area contributed by atoms with E-state index in [0.29, 0.717) is 12.1 Å². The van der Waals surface area contributed by atoms with Gasteiger partial charge in [0.05, 0.1) is 11.6 Å². The van der Waals surface area contributed by atoms with Gasteiger partial charge in [0.25, 0.3) is 0 Å². The molecule has 2 fully saturated rings. The number of halogens is 1. The molecule has 184 valence electrons. The fourth-order valence-corrected chi connectivity index (χ4v) is 5.11. The Hall–Kier alpha value is -3.33. The number of hydrogen-bond donors (Lipinski definition) is 1. The molecule has 1 aromatic heterocycles. The van der Waals surface area contributed by atoms with Crippen LogP contribution in [0.5, 0.6) is 0 Å². The number of ether oxygens (including phenoxy) is 1. The minimum Gasteiger partial charge on any atom is -0.376 e. The van der Waals surface area contributed by atoms with Crippen LogP contribution in [0.15, 0.2) is 48.5 Å². The quantitative estimate of drug-likeness (QED) is 0.535. The molecule has 0 bridgehead atoms. The molecule has 1 aliphatic carbocycles. The molecule has 2 aliphatic rings. The molecular weight excluding hydrogens is 449 g/mol. The van der Waals surface area contributed by atoms with Crippen LogP contribution >= 0.6 is 0 Å². The van der Waals surface area contributed by atoms with Gasteiger partial charge in [0.15, 0.2) is 0 Å². The first-order valence-electron chi connectivity index (χ1n) is 12.3. The largest absolute Gasteiger partial charge is 0.376 e. The predicted octanol–water partition coefficient (Wildman–Crippen LogP) is 3.38. The summed E-state index contributed by atoms with van der Waals surface area (Å²) in [7, 11) is 0. The standard InChI is InChI=1S/C26H30FN5O3/c27-21-12-4-3-11-20(21)25(26(34)28-18-8-1-2-9-18)31(16-19-10-7-15-35-19)24(33)17-32-23-14-6-5-13-22(23)29-30-32/h3-6,11-14,18-19,25H,1-2,7-10,15-17H2,(H,28,34)/t19-,25+/m0/s1. The Morgan fingerprint density at radius 3 is 2.63 bits per heavy atom. The van der Waals surface area contributed by atoms with Gasteiger partial charge >= 0.3 is 0 Å². The van der Waals surface area contributed by atoms with E-state index in [1.165, 1.54) is 15.6 Å². The van der Waals surface area contributed by atoms with Crippen molar-refractivity contribution in [1.29, 1.82) is 0 Å². The van der Waals surface area contributed by atoms with Crippen LogP contribution in [0.1, 0.15) is 50.1 Å². The molecule has 0 unspecified atom stereocenters. The summed E-state index contributed by atoms with van der Waals surface area (Å²) >= 11 is 0. The van der Waals surface area contributed by atoms with Gasteiger partial charge in [-0.15, -0.1) is 5.10 Å². The molecule has 9 heteroatoms. The molecule has 0 radical (unpaired) electrons. The van der Waals surface area contributed by atoms with Crippen LogP contribution in [0.2, 0.25) is 0 Å². The van der Waals surface area contributed by atoms with E-state index in [-0.39, 0.29) is 42.6 Å². The molecule has 1 N–H and O–H groups in total.